The van der Waals surface area contributed by atoms with Gasteiger partial charge in [0.05, 0.1) is 11.4 Å². The van der Waals surface area contributed by atoms with Crippen LogP contribution in [0.4, 0.5) is 4.39 Å². The molecule has 0 amide bonds. The molecule has 7 heteroatoms. The van der Waals surface area contributed by atoms with Crippen LogP contribution in [0.25, 0.3) is 5.69 Å². The van der Waals surface area contributed by atoms with Crippen molar-refractivity contribution in [3.63, 3.8) is 0 Å². The standard InChI is InChI=1S/C16H12ClFN2O3/c1-9-15(21)20(16(22)19-9)12-2-4-13(5-3-12)23-14-7-10(17)6-11(18)8-14/h2-8,21H,1H3,(H,19,22). The van der Waals surface area contributed by atoms with Crippen molar-refractivity contribution >= 4 is 11.6 Å². The van der Waals surface area contributed by atoms with E-state index in [-0.39, 0.29) is 16.7 Å². The predicted molar refractivity (Wildman–Crippen MR) is 84.3 cm³/mol. The molecule has 0 saturated heterocycles. The van der Waals surface area contributed by atoms with Crippen molar-refractivity contribution in [3.8, 4) is 23.1 Å². The molecular formula is C16H12ClFN2O3. The van der Waals surface area contributed by atoms with Crippen molar-refractivity contribution in [2.24, 2.45) is 0 Å². The molecule has 1 heterocycles. The van der Waals surface area contributed by atoms with Gasteiger partial charge in [-0.3, -0.25) is 0 Å². The molecule has 0 unspecified atom stereocenters. The van der Waals surface area contributed by atoms with Gasteiger partial charge in [0.2, 0.25) is 5.88 Å². The number of aryl methyl sites for hydroxylation is 1. The maximum absolute atomic E-state index is 13.3. The van der Waals surface area contributed by atoms with E-state index in [0.717, 1.165) is 4.57 Å². The van der Waals surface area contributed by atoms with Gasteiger partial charge in [0.25, 0.3) is 0 Å². The van der Waals surface area contributed by atoms with Crippen LogP contribution in [-0.4, -0.2) is 14.7 Å². The number of benzene rings is 2. The molecule has 1 aromatic heterocycles. The maximum atomic E-state index is 13.3. The first-order valence-electron chi connectivity index (χ1n) is 6.69. The van der Waals surface area contributed by atoms with E-state index in [1.54, 1.807) is 31.2 Å². The van der Waals surface area contributed by atoms with E-state index in [1.165, 1.54) is 18.2 Å². The number of aromatic nitrogens is 2. The van der Waals surface area contributed by atoms with E-state index in [4.69, 9.17) is 16.3 Å². The topological polar surface area (TPSA) is 67.2 Å². The Morgan fingerprint density at radius 3 is 2.43 bits per heavy atom. The van der Waals surface area contributed by atoms with Crippen LogP contribution in [0.5, 0.6) is 17.4 Å². The number of rotatable bonds is 3. The number of H-pyrrole nitrogens is 1. The summed E-state index contributed by atoms with van der Waals surface area (Å²) in [4.78, 5) is 14.3. The van der Waals surface area contributed by atoms with Crippen molar-refractivity contribution in [1.29, 1.82) is 0 Å². The Hall–Kier alpha value is -2.73. The lowest BCUT2D eigenvalue weighted by atomic mass is 10.3. The third kappa shape index (κ3) is 3.07. The van der Waals surface area contributed by atoms with Gasteiger partial charge in [-0.15, -0.1) is 0 Å². The van der Waals surface area contributed by atoms with Gasteiger partial charge in [-0.1, -0.05) is 11.6 Å². The summed E-state index contributed by atoms with van der Waals surface area (Å²) in [6.07, 6.45) is 0. The predicted octanol–water partition coefficient (Wildman–Crippen LogP) is 3.76. The molecule has 0 atom stereocenters. The average Bonchev–Trinajstić information content (AvgIpc) is 2.72. The maximum Gasteiger partial charge on any atom is 0.333 e. The zero-order chi connectivity index (χ0) is 16.6. The highest BCUT2D eigenvalue weighted by atomic mass is 35.5. The summed E-state index contributed by atoms with van der Waals surface area (Å²) >= 11 is 5.77. The molecule has 5 nitrogen and oxygen atoms in total. The first-order valence-corrected chi connectivity index (χ1v) is 7.07. The number of hydrogen-bond acceptors (Lipinski definition) is 3. The average molecular weight is 335 g/mol. The summed E-state index contributed by atoms with van der Waals surface area (Å²) in [5, 5.41) is 10.1. The van der Waals surface area contributed by atoms with E-state index < -0.39 is 11.5 Å². The monoisotopic (exact) mass is 334 g/mol. The number of aromatic hydroxyl groups is 1. The largest absolute Gasteiger partial charge is 0.493 e. The van der Waals surface area contributed by atoms with Gasteiger partial charge in [-0.05, 0) is 43.3 Å². The van der Waals surface area contributed by atoms with Gasteiger partial charge in [-0.2, -0.15) is 0 Å². The fourth-order valence-electron chi connectivity index (χ4n) is 2.16. The van der Waals surface area contributed by atoms with Gasteiger partial charge >= 0.3 is 5.69 Å². The fraction of sp³-hybridized carbons (Fsp3) is 0.0625. The SMILES string of the molecule is Cc1[nH]c(=O)n(-c2ccc(Oc3cc(F)cc(Cl)c3)cc2)c1O. The van der Waals surface area contributed by atoms with Gasteiger partial charge in [0.15, 0.2) is 0 Å². The highest BCUT2D eigenvalue weighted by Crippen LogP contribution is 2.27. The summed E-state index contributed by atoms with van der Waals surface area (Å²) in [6.45, 7) is 1.60. The zero-order valence-corrected chi connectivity index (χ0v) is 12.8. The van der Waals surface area contributed by atoms with Gasteiger partial charge in [0.1, 0.15) is 17.3 Å². The number of halogens is 2. The molecule has 0 bridgehead atoms. The molecule has 3 rings (SSSR count). The summed E-state index contributed by atoms with van der Waals surface area (Å²) in [7, 11) is 0. The second-order valence-electron chi connectivity index (χ2n) is 4.92. The molecule has 2 aromatic carbocycles. The zero-order valence-electron chi connectivity index (χ0n) is 12.0. The van der Waals surface area contributed by atoms with Gasteiger partial charge in [0, 0.05) is 11.1 Å². The van der Waals surface area contributed by atoms with Crippen LogP contribution >= 0.6 is 11.6 Å². The van der Waals surface area contributed by atoms with Gasteiger partial charge < -0.3 is 14.8 Å². The minimum atomic E-state index is -0.497. The summed E-state index contributed by atoms with van der Waals surface area (Å²) in [6, 6.07) is 10.3. The van der Waals surface area contributed by atoms with Crippen LogP contribution in [0.3, 0.4) is 0 Å². The summed E-state index contributed by atoms with van der Waals surface area (Å²) in [5.74, 6) is 0.0550. The van der Waals surface area contributed by atoms with E-state index in [1.807, 2.05) is 0 Å². The van der Waals surface area contributed by atoms with Crippen LogP contribution in [0.1, 0.15) is 5.69 Å². The second kappa shape index (κ2) is 5.81. The normalized spacial score (nSPS) is 10.7. The molecule has 2 N–H and O–H groups in total. The Kier molecular flexibility index (Phi) is 3.83. The summed E-state index contributed by atoms with van der Waals surface area (Å²) in [5.41, 5.74) is 0.414. The molecule has 0 aliphatic heterocycles. The Balaban J connectivity index is 1.89. The van der Waals surface area contributed by atoms with Crippen LogP contribution in [-0.2, 0) is 0 Å². The lowest BCUT2D eigenvalue weighted by molar-refractivity contribution is 0.436. The number of imidazole rings is 1. The quantitative estimate of drug-likeness (QED) is 0.766. The lowest BCUT2D eigenvalue weighted by Crippen LogP contribution is -2.14. The fourth-order valence-corrected chi connectivity index (χ4v) is 2.37. The minimum absolute atomic E-state index is 0.152. The Bertz CT molecular complexity index is 896. The van der Waals surface area contributed by atoms with Crippen LogP contribution in [0, 0.1) is 12.7 Å². The molecule has 3 aromatic rings. The van der Waals surface area contributed by atoms with E-state index in [2.05, 4.69) is 4.98 Å². The summed E-state index contributed by atoms with van der Waals surface area (Å²) < 4.78 is 19.9. The Labute approximate surface area is 135 Å². The molecular weight excluding hydrogens is 323 g/mol. The third-order valence-corrected chi connectivity index (χ3v) is 3.43. The molecule has 0 fully saturated rings. The van der Waals surface area contributed by atoms with E-state index in [9.17, 15) is 14.3 Å². The molecule has 0 saturated carbocycles. The lowest BCUT2D eigenvalue weighted by Gasteiger charge is -2.08. The number of nitrogens with zero attached hydrogens (tertiary/aromatic N) is 1. The minimum Gasteiger partial charge on any atom is -0.493 e. The van der Waals surface area contributed by atoms with Crippen LogP contribution in [0.15, 0.2) is 47.3 Å². The molecule has 0 aliphatic rings. The third-order valence-electron chi connectivity index (χ3n) is 3.21. The van der Waals surface area contributed by atoms with Crippen molar-refractivity contribution in [2.45, 2.75) is 6.92 Å². The number of hydrogen-bond donors (Lipinski definition) is 2. The van der Waals surface area contributed by atoms with Crippen molar-refractivity contribution in [1.82, 2.24) is 9.55 Å². The van der Waals surface area contributed by atoms with Crippen molar-refractivity contribution in [3.05, 3.63) is 69.5 Å². The smallest absolute Gasteiger partial charge is 0.333 e. The molecule has 118 valence electrons. The van der Waals surface area contributed by atoms with Crippen molar-refractivity contribution in [2.75, 3.05) is 0 Å². The van der Waals surface area contributed by atoms with E-state index in [0.29, 0.717) is 17.1 Å². The highest BCUT2D eigenvalue weighted by molar-refractivity contribution is 6.30. The Morgan fingerprint density at radius 2 is 1.87 bits per heavy atom. The van der Waals surface area contributed by atoms with Gasteiger partial charge in [-0.25, -0.2) is 13.8 Å². The number of aromatic amines is 1. The second-order valence-corrected chi connectivity index (χ2v) is 5.35. The van der Waals surface area contributed by atoms with Crippen molar-refractivity contribution < 1.29 is 14.2 Å². The number of ether oxygens (including phenoxy) is 1. The van der Waals surface area contributed by atoms with E-state index >= 15 is 0 Å². The molecule has 0 aliphatic carbocycles. The Morgan fingerprint density at radius 1 is 1.17 bits per heavy atom. The first kappa shape index (κ1) is 15.2. The van der Waals surface area contributed by atoms with Crippen LogP contribution in [0.2, 0.25) is 5.02 Å². The molecule has 0 spiro atoms. The van der Waals surface area contributed by atoms with Crippen LogP contribution < -0.4 is 10.4 Å². The molecule has 0 radical (unpaired) electrons. The highest BCUT2D eigenvalue weighted by Gasteiger charge is 2.11. The molecule has 23 heavy (non-hydrogen) atoms. The number of nitrogens with one attached hydrogen (secondary N) is 1. The first-order chi connectivity index (χ1) is 10.9.